The zero-order valence-electron chi connectivity index (χ0n) is 14.7. The number of piperidine rings is 1. The van der Waals surface area contributed by atoms with Crippen LogP contribution in [0.4, 0.5) is 8.78 Å². The van der Waals surface area contributed by atoms with Crippen LogP contribution in [0.2, 0.25) is 0 Å². The van der Waals surface area contributed by atoms with Crippen LogP contribution in [-0.4, -0.2) is 79.0 Å². The molecule has 2 aliphatic rings. The lowest BCUT2D eigenvalue weighted by Gasteiger charge is -2.46. The fourth-order valence-electron chi connectivity index (χ4n) is 3.89. The molecule has 0 unspecified atom stereocenters. The first-order valence-electron chi connectivity index (χ1n) is 8.84. The third-order valence-corrected chi connectivity index (χ3v) is 4.74. The highest BCUT2D eigenvalue weighted by Gasteiger charge is 2.47. The van der Waals surface area contributed by atoms with Crippen LogP contribution in [0.25, 0.3) is 0 Å². The number of halogens is 2. The molecule has 0 radical (unpaired) electrons. The van der Waals surface area contributed by atoms with Crippen molar-refractivity contribution in [2.75, 3.05) is 52.4 Å². The Hall–Kier alpha value is -0.260. The standard InChI is InChI=1S/C17H33F2N3/c1-14(2)11-20-7-9-22(10-8-20)16-5-6-21(12-15(3)4)13-17(16,18)19/h14-16H,5-13H2,1-4H3/t16-/m0/s1. The van der Waals surface area contributed by atoms with Crippen molar-refractivity contribution < 1.29 is 8.78 Å². The minimum absolute atomic E-state index is 0.0674. The molecular weight excluding hydrogens is 284 g/mol. The molecule has 0 aromatic carbocycles. The van der Waals surface area contributed by atoms with E-state index in [9.17, 15) is 8.78 Å². The highest BCUT2D eigenvalue weighted by Crippen LogP contribution is 2.32. The van der Waals surface area contributed by atoms with Crippen molar-refractivity contribution in [3.05, 3.63) is 0 Å². The van der Waals surface area contributed by atoms with Crippen molar-refractivity contribution in [1.82, 2.24) is 14.7 Å². The van der Waals surface area contributed by atoms with Crippen LogP contribution in [0.1, 0.15) is 34.1 Å². The summed E-state index contributed by atoms with van der Waals surface area (Å²) in [6, 6.07) is -0.558. The molecule has 0 aromatic heterocycles. The first-order valence-corrected chi connectivity index (χ1v) is 8.84. The molecule has 3 nitrogen and oxygen atoms in total. The van der Waals surface area contributed by atoms with Crippen molar-refractivity contribution in [3.63, 3.8) is 0 Å². The molecule has 2 heterocycles. The molecule has 0 spiro atoms. The van der Waals surface area contributed by atoms with Gasteiger partial charge in [0.15, 0.2) is 0 Å². The van der Waals surface area contributed by atoms with Gasteiger partial charge in [-0.25, -0.2) is 8.78 Å². The van der Waals surface area contributed by atoms with Gasteiger partial charge in [0.05, 0.1) is 12.6 Å². The zero-order chi connectivity index (χ0) is 16.3. The summed E-state index contributed by atoms with van der Waals surface area (Å²) >= 11 is 0. The summed E-state index contributed by atoms with van der Waals surface area (Å²) in [7, 11) is 0. The molecule has 2 rings (SSSR count). The zero-order valence-corrected chi connectivity index (χ0v) is 14.7. The number of rotatable bonds is 5. The summed E-state index contributed by atoms with van der Waals surface area (Å²) in [6.07, 6.45) is 0.601. The maximum absolute atomic E-state index is 14.6. The molecule has 2 aliphatic heterocycles. The van der Waals surface area contributed by atoms with E-state index in [4.69, 9.17) is 0 Å². The lowest BCUT2D eigenvalue weighted by Crippen LogP contribution is -2.62. The lowest BCUT2D eigenvalue weighted by atomic mass is 9.97. The SMILES string of the molecule is CC(C)CN1CCN([C@H]2CCN(CC(C)C)CC2(F)F)CC1. The van der Waals surface area contributed by atoms with Crippen LogP contribution in [0.5, 0.6) is 0 Å². The molecule has 0 bridgehead atoms. The van der Waals surface area contributed by atoms with Crippen molar-refractivity contribution in [3.8, 4) is 0 Å². The van der Waals surface area contributed by atoms with E-state index >= 15 is 0 Å². The van der Waals surface area contributed by atoms with Crippen LogP contribution in [-0.2, 0) is 0 Å². The quantitative estimate of drug-likeness (QED) is 0.772. The van der Waals surface area contributed by atoms with Gasteiger partial charge < -0.3 is 4.90 Å². The minimum Gasteiger partial charge on any atom is -0.301 e. The van der Waals surface area contributed by atoms with E-state index in [2.05, 4.69) is 32.6 Å². The Balaban J connectivity index is 1.86. The minimum atomic E-state index is -2.58. The van der Waals surface area contributed by atoms with Gasteiger partial charge in [-0.3, -0.25) is 9.80 Å². The Bertz CT molecular complexity index is 339. The number of nitrogens with zero attached hydrogens (tertiary/aromatic N) is 3. The van der Waals surface area contributed by atoms with Crippen molar-refractivity contribution >= 4 is 0 Å². The topological polar surface area (TPSA) is 9.72 Å². The first-order chi connectivity index (χ1) is 10.3. The van der Waals surface area contributed by atoms with Crippen molar-refractivity contribution in [2.24, 2.45) is 11.8 Å². The summed E-state index contributed by atoms with van der Waals surface area (Å²) in [5.74, 6) is -1.48. The largest absolute Gasteiger partial charge is 0.301 e. The molecule has 0 saturated carbocycles. The predicted molar refractivity (Wildman–Crippen MR) is 87.5 cm³/mol. The third-order valence-electron chi connectivity index (χ3n) is 4.74. The maximum Gasteiger partial charge on any atom is 0.275 e. The summed E-state index contributed by atoms with van der Waals surface area (Å²) in [6.45, 7) is 14.7. The third kappa shape index (κ3) is 4.87. The van der Waals surface area contributed by atoms with E-state index < -0.39 is 12.0 Å². The molecular formula is C17H33F2N3. The Morgan fingerprint density at radius 1 is 0.864 bits per heavy atom. The summed E-state index contributed by atoms with van der Waals surface area (Å²) in [5, 5.41) is 0. The number of alkyl halides is 2. The number of hydrogen-bond donors (Lipinski definition) is 0. The highest BCUT2D eigenvalue weighted by atomic mass is 19.3. The summed E-state index contributed by atoms with van der Waals surface area (Å²) in [4.78, 5) is 6.40. The molecule has 0 N–H and O–H groups in total. The molecule has 2 saturated heterocycles. The van der Waals surface area contributed by atoms with Crippen molar-refractivity contribution in [2.45, 2.75) is 46.1 Å². The maximum atomic E-state index is 14.6. The van der Waals surface area contributed by atoms with Gasteiger partial charge in [0.25, 0.3) is 5.92 Å². The monoisotopic (exact) mass is 317 g/mol. The average Bonchev–Trinajstić information content (AvgIpc) is 2.37. The van der Waals surface area contributed by atoms with Crippen LogP contribution in [0.15, 0.2) is 0 Å². The fraction of sp³-hybridized carbons (Fsp3) is 1.00. The van der Waals surface area contributed by atoms with E-state index in [-0.39, 0.29) is 6.54 Å². The van der Waals surface area contributed by atoms with E-state index in [0.717, 1.165) is 45.8 Å². The van der Waals surface area contributed by atoms with E-state index in [1.807, 2.05) is 9.80 Å². The van der Waals surface area contributed by atoms with Gasteiger partial charge in [-0.1, -0.05) is 27.7 Å². The Morgan fingerprint density at radius 3 is 1.91 bits per heavy atom. The van der Waals surface area contributed by atoms with Crippen LogP contribution < -0.4 is 0 Å². The van der Waals surface area contributed by atoms with Gasteiger partial charge in [0.1, 0.15) is 0 Å². The van der Waals surface area contributed by atoms with Crippen LogP contribution >= 0.6 is 0 Å². The van der Waals surface area contributed by atoms with Gasteiger partial charge >= 0.3 is 0 Å². The van der Waals surface area contributed by atoms with Gasteiger partial charge in [-0.2, -0.15) is 0 Å². The van der Waals surface area contributed by atoms with Gasteiger partial charge in [0, 0.05) is 45.8 Å². The van der Waals surface area contributed by atoms with Crippen molar-refractivity contribution in [1.29, 1.82) is 0 Å². The molecule has 130 valence electrons. The second-order valence-corrected chi connectivity index (χ2v) is 7.92. The first kappa shape index (κ1) is 18.1. The van der Waals surface area contributed by atoms with Gasteiger partial charge in [-0.15, -0.1) is 0 Å². The van der Waals surface area contributed by atoms with E-state index in [1.54, 1.807) is 0 Å². The molecule has 0 aliphatic carbocycles. The fourth-order valence-corrected chi connectivity index (χ4v) is 3.89. The molecule has 2 fully saturated rings. The predicted octanol–water partition coefficient (Wildman–Crippen LogP) is 2.63. The number of hydrogen-bond acceptors (Lipinski definition) is 3. The Labute approximate surface area is 134 Å². The van der Waals surface area contributed by atoms with E-state index in [1.165, 1.54) is 0 Å². The Morgan fingerprint density at radius 2 is 1.41 bits per heavy atom. The van der Waals surface area contributed by atoms with Gasteiger partial charge in [0.2, 0.25) is 0 Å². The second-order valence-electron chi connectivity index (χ2n) is 7.92. The Kier molecular flexibility index (Phi) is 6.20. The average molecular weight is 317 g/mol. The summed E-state index contributed by atoms with van der Waals surface area (Å²) in [5.41, 5.74) is 0. The smallest absolute Gasteiger partial charge is 0.275 e. The highest BCUT2D eigenvalue weighted by molar-refractivity contribution is 4.94. The summed E-state index contributed by atoms with van der Waals surface area (Å²) < 4.78 is 29.1. The lowest BCUT2D eigenvalue weighted by molar-refractivity contribution is -0.134. The number of piperazine rings is 1. The second kappa shape index (κ2) is 7.54. The van der Waals surface area contributed by atoms with Crippen LogP contribution in [0, 0.1) is 11.8 Å². The molecule has 0 amide bonds. The molecule has 5 heteroatoms. The molecule has 0 aromatic rings. The van der Waals surface area contributed by atoms with Gasteiger partial charge in [-0.05, 0) is 18.3 Å². The number of likely N-dealkylation sites (tertiary alicyclic amines) is 1. The normalized spacial score (nSPS) is 28.6. The van der Waals surface area contributed by atoms with Crippen LogP contribution in [0.3, 0.4) is 0 Å². The van der Waals surface area contributed by atoms with E-state index in [0.29, 0.717) is 18.3 Å². The molecule has 22 heavy (non-hydrogen) atoms. The molecule has 1 atom stereocenters.